The highest BCUT2D eigenvalue weighted by Crippen LogP contribution is 2.31. The van der Waals surface area contributed by atoms with E-state index in [-0.39, 0.29) is 0 Å². The molecule has 1 heterocycles. The molecule has 0 atom stereocenters. The molecule has 4 aromatic rings. The van der Waals surface area contributed by atoms with Crippen LogP contribution in [0.2, 0.25) is 10.0 Å². The van der Waals surface area contributed by atoms with Crippen LogP contribution in [0, 0.1) is 12.1 Å². The molecule has 0 spiro atoms. The molecule has 0 aliphatic rings. The smallest absolute Gasteiger partial charge is 0.0722 e. The first-order valence-corrected chi connectivity index (χ1v) is 8.87. The van der Waals surface area contributed by atoms with Gasteiger partial charge in [-0.05, 0) is 65.7 Å². The van der Waals surface area contributed by atoms with Crippen molar-refractivity contribution in [3.63, 3.8) is 0 Å². The van der Waals surface area contributed by atoms with E-state index in [9.17, 15) is 0 Å². The number of benzene rings is 2. The van der Waals surface area contributed by atoms with Crippen molar-refractivity contribution in [1.29, 1.82) is 0 Å². The number of halogens is 2. The molecule has 0 amide bonds. The molecular weight excluding hydrogens is 361 g/mol. The van der Waals surface area contributed by atoms with Crippen LogP contribution >= 0.6 is 23.2 Å². The number of nitrogens with zero attached hydrogens (tertiary/aromatic N) is 1. The second-order valence-corrected chi connectivity index (χ2v) is 6.74. The number of aromatic nitrogens is 1. The summed E-state index contributed by atoms with van der Waals surface area (Å²) >= 11 is 12.4. The van der Waals surface area contributed by atoms with Crippen LogP contribution in [0.15, 0.2) is 78.9 Å². The summed E-state index contributed by atoms with van der Waals surface area (Å²) in [5.41, 5.74) is 5.75. The molecule has 0 saturated heterocycles. The van der Waals surface area contributed by atoms with Crippen molar-refractivity contribution in [1.82, 2.24) is 4.98 Å². The zero-order valence-corrected chi connectivity index (χ0v) is 15.2. The van der Waals surface area contributed by atoms with Crippen molar-refractivity contribution in [2.45, 2.75) is 0 Å². The van der Waals surface area contributed by atoms with E-state index in [1.807, 2.05) is 66.7 Å². The monoisotopic (exact) mass is 373 g/mol. The van der Waals surface area contributed by atoms with Crippen molar-refractivity contribution >= 4 is 23.2 Å². The van der Waals surface area contributed by atoms with E-state index in [0.29, 0.717) is 10.0 Å². The molecule has 3 aromatic carbocycles. The Morgan fingerprint density at radius 3 is 1.92 bits per heavy atom. The first kappa shape index (κ1) is 16.7. The summed E-state index contributed by atoms with van der Waals surface area (Å²) in [7, 11) is 0. The Labute approximate surface area is 162 Å². The van der Waals surface area contributed by atoms with Gasteiger partial charge in [-0.1, -0.05) is 59.6 Å². The van der Waals surface area contributed by atoms with Gasteiger partial charge in [-0.2, -0.15) is 0 Å². The Kier molecular flexibility index (Phi) is 4.63. The van der Waals surface area contributed by atoms with Gasteiger partial charge in [0, 0.05) is 21.2 Å². The summed E-state index contributed by atoms with van der Waals surface area (Å²) in [4.78, 5) is 4.84. The molecule has 1 aromatic heterocycles. The summed E-state index contributed by atoms with van der Waals surface area (Å²) in [6.07, 6.45) is 0. The fourth-order valence-electron chi connectivity index (χ4n) is 2.82. The highest BCUT2D eigenvalue weighted by molar-refractivity contribution is 6.31. The van der Waals surface area contributed by atoms with Crippen LogP contribution in [-0.4, -0.2) is 4.98 Å². The van der Waals surface area contributed by atoms with Crippen molar-refractivity contribution in [2.75, 3.05) is 0 Å². The van der Waals surface area contributed by atoms with Gasteiger partial charge in [0.1, 0.15) is 0 Å². The zero-order chi connectivity index (χ0) is 17.9. The van der Waals surface area contributed by atoms with Gasteiger partial charge in [0.2, 0.25) is 0 Å². The Bertz CT molecular complexity index is 995. The zero-order valence-electron chi connectivity index (χ0n) is 13.7. The molecule has 3 heteroatoms. The SMILES string of the molecule is Clc1cccc(-c2cc(-c3cc#ccc3)nc(-c3cccc(Cl)c3)c2)c1. The van der Waals surface area contributed by atoms with E-state index in [4.69, 9.17) is 28.2 Å². The number of rotatable bonds is 3. The fraction of sp³-hybridized carbons (Fsp3) is 0. The third kappa shape index (κ3) is 3.58. The number of pyridine rings is 1. The molecule has 1 nitrogen and oxygen atoms in total. The molecule has 0 radical (unpaired) electrons. The highest BCUT2D eigenvalue weighted by atomic mass is 35.5. The third-order valence-electron chi connectivity index (χ3n) is 4.06. The van der Waals surface area contributed by atoms with Crippen LogP contribution in [0.5, 0.6) is 0 Å². The lowest BCUT2D eigenvalue weighted by atomic mass is 10.0. The molecule has 0 bridgehead atoms. The normalized spacial score (nSPS) is 10.4. The largest absolute Gasteiger partial charge is 0.248 e. The van der Waals surface area contributed by atoms with Crippen LogP contribution in [-0.2, 0) is 0 Å². The van der Waals surface area contributed by atoms with E-state index >= 15 is 0 Å². The minimum atomic E-state index is 0.682. The minimum Gasteiger partial charge on any atom is -0.248 e. The first-order valence-electron chi connectivity index (χ1n) is 8.11. The Balaban J connectivity index is 1.93. The quantitative estimate of drug-likeness (QED) is 0.377. The molecule has 4 rings (SSSR count). The topological polar surface area (TPSA) is 12.9 Å². The molecular formula is C23H13Cl2N. The van der Waals surface area contributed by atoms with Crippen LogP contribution in [0.1, 0.15) is 0 Å². The Morgan fingerprint density at radius 1 is 0.615 bits per heavy atom. The molecule has 0 aliphatic carbocycles. The van der Waals surface area contributed by atoms with E-state index < -0.39 is 0 Å². The fourth-order valence-corrected chi connectivity index (χ4v) is 3.20. The standard InChI is InChI=1S/C23H13Cl2N/c24-20-10-4-8-17(12-20)19-14-22(16-6-2-1-3-7-16)26-23(15-19)18-9-5-11-21(25)13-18/h2,4-15H. The van der Waals surface area contributed by atoms with Gasteiger partial charge in [-0.3, -0.25) is 0 Å². The molecule has 0 aliphatic heterocycles. The van der Waals surface area contributed by atoms with Crippen molar-refractivity contribution in [3.05, 3.63) is 101 Å². The van der Waals surface area contributed by atoms with Gasteiger partial charge in [0.25, 0.3) is 0 Å². The second kappa shape index (κ2) is 7.22. The van der Waals surface area contributed by atoms with E-state index in [1.165, 1.54) is 0 Å². The van der Waals surface area contributed by atoms with Crippen LogP contribution < -0.4 is 0 Å². The van der Waals surface area contributed by atoms with Crippen LogP contribution in [0.25, 0.3) is 33.6 Å². The van der Waals surface area contributed by atoms with Crippen LogP contribution in [0.3, 0.4) is 0 Å². The maximum absolute atomic E-state index is 6.19. The van der Waals surface area contributed by atoms with Crippen molar-refractivity contribution in [2.24, 2.45) is 0 Å². The van der Waals surface area contributed by atoms with Gasteiger partial charge in [0.05, 0.1) is 11.4 Å². The highest BCUT2D eigenvalue weighted by Gasteiger charge is 2.09. The molecule has 26 heavy (non-hydrogen) atoms. The van der Waals surface area contributed by atoms with Crippen molar-refractivity contribution in [3.8, 4) is 33.6 Å². The molecule has 0 N–H and O–H groups in total. The number of hydrogen-bond acceptors (Lipinski definition) is 1. The summed E-state index contributed by atoms with van der Waals surface area (Å²) in [5, 5.41) is 1.38. The van der Waals surface area contributed by atoms with E-state index in [1.54, 1.807) is 0 Å². The number of hydrogen-bond donors (Lipinski definition) is 0. The molecule has 0 unspecified atom stereocenters. The maximum atomic E-state index is 6.19. The Morgan fingerprint density at radius 2 is 1.27 bits per heavy atom. The summed E-state index contributed by atoms with van der Waals surface area (Å²) in [6, 6.07) is 31.2. The van der Waals surface area contributed by atoms with Gasteiger partial charge < -0.3 is 0 Å². The average Bonchev–Trinajstić information content (AvgIpc) is 2.68. The predicted octanol–water partition coefficient (Wildman–Crippen LogP) is 6.99. The van der Waals surface area contributed by atoms with Gasteiger partial charge in [-0.15, -0.1) is 0 Å². The van der Waals surface area contributed by atoms with E-state index in [0.717, 1.165) is 33.6 Å². The second-order valence-electron chi connectivity index (χ2n) is 5.87. The maximum Gasteiger partial charge on any atom is 0.0722 e. The molecule has 0 saturated carbocycles. The molecule has 124 valence electrons. The van der Waals surface area contributed by atoms with Gasteiger partial charge in [-0.25, -0.2) is 4.98 Å². The Hall–Kier alpha value is -2.79. The average molecular weight is 374 g/mol. The van der Waals surface area contributed by atoms with Crippen LogP contribution in [0.4, 0.5) is 0 Å². The lowest BCUT2D eigenvalue weighted by molar-refractivity contribution is 1.32. The summed E-state index contributed by atoms with van der Waals surface area (Å²) in [6.45, 7) is 0. The predicted molar refractivity (Wildman–Crippen MR) is 108 cm³/mol. The molecule has 0 fully saturated rings. The first-order chi connectivity index (χ1) is 12.7. The van der Waals surface area contributed by atoms with Gasteiger partial charge >= 0.3 is 0 Å². The summed E-state index contributed by atoms with van der Waals surface area (Å²) in [5.74, 6) is 0. The van der Waals surface area contributed by atoms with Gasteiger partial charge in [0.15, 0.2) is 0 Å². The minimum absolute atomic E-state index is 0.682. The lowest BCUT2D eigenvalue weighted by Crippen LogP contribution is -1.91. The van der Waals surface area contributed by atoms with Crippen molar-refractivity contribution < 1.29 is 0 Å². The third-order valence-corrected chi connectivity index (χ3v) is 4.53. The van der Waals surface area contributed by atoms with E-state index in [2.05, 4.69) is 24.3 Å². The lowest BCUT2D eigenvalue weighted by Gasteiger charge is -2.10. The summed E-state index contributed by atoms with van der Waals surface area (Å²) < 4.78 is 0.